The maximum Gasteiger partial charge on any atom is 0.173 e. The predicted octanol–water partition coefficient (Wildman–Crippen LogP) is 4.73. The topological polar surface area (TPSA) is 61.4 Å². The van der Waals surface area contributed by atoms with Crippen LogP contribution >= 0.6 is 0 Å². The molecule has 6 nitrogen and oxygen atoms in total. The van der Waals surface area contributed by atoms with Gasteiger partial charge in [-0.15, -0.1) is 0 Å². The SMILES string of the molecule is CCc1nn(C2CC2)c2cc(-c3ccnn3-c3cnc4ccccc4n3)ccc12. The van der Waals surface area contributed by atoms with Gasteiger partial charge in [0.1, 0.15) is 0 Å². The molecule has 0 amide bonds. The Labute approximate surface area is 167 Å². The van der Waals surface area contributed by atoms with Gasteiger partial charge in [-0.25, -0.2) is 9.67 Å². The van der Waals surface area contributed by atoms with E-state index in [1.165, 1.54) is 29.4 Å². The first kappa shape index (κ1) is 16.4. The minimum Gasteiger partial charge on any atom is -0.262 e. The summed E-state index contributed by atoms with van der Waals surface area (Å²) in [7, 11) is 0. The first-order chi connectivity index (χ1) is 14.3. The minimum atomic E-state index is 0.546. The van der Waals surface area contributed by atoms with Crippen LogP contribution in [0.3, 0.4) is 0 Å². The molecule has 6 heteroatoms. The van der Waals surface area contributed by atoms with Crippen molar-refractivity contribution >= 4 is 21.9 Å². The molecule has 0 N–H and O–H groups in total. The Hall–Kier alpha value is -3.54. The van der Waals surface area contributed by atoms with Crippen molar-refractivity contribution < 1.29 is 0 Å². The van der Waals surface area contributed by atoms with Crippen LogP contribution in [0.1, 0.15) is 31.5 Å². The molecule has 5 aromatic rings. The number of rotatable bonds is 4. The number of aryl methyl sites for hydroxylation is 1. The summed E-state index contributed by atoms with van der Waals surface area (Å²) in [5, 5.41) is 10.7. The molecular formula is C23H20N6. The summed E-state index contributed by atoms with van der Waals surface area (Å²) in [6.07, 6.45) is 6.97. The lowest BCUT2D eigenvalue weighted by atomic mass is 10.1. The fourth-order valence-electron chi connectivity index (χ4n) is 3.97. The van der Waals surface area contributed by atoms with E-state index in [9.17, 15) is 0 Å². The molecule has 1 aliphatic carbocycles. The van der Waals surface area contributed by atoms with Crippen molar-refractivity contribution in [2.45, 2.75) is 32.2 Å². The predicted molar refractivity (Wildman–Crippen MR) is 113 cm³/mol. The van der Waals surface area contributed by atoms with E-state index in [-0.39, 0.29) is 0 Å². The zero-order valence-corrected chi connectivity index (χ0v) is 16.2. The Balaban J connectivity index is 1.50. The van der Waals surface area contributed by atoms with E-state index in [1.807, 2.05) is 41.2 Å². The van der Waals surface area contributed by atoms with Crippen molar-refractivity contribution in [3.05, 3.63) is 66.6 Å². The molecule has 0 spiro atoms. The largest absolute Gasteiger partial charge is 0.262 e. The van der Waals surface area contributed by atoms with Crippen molar-refractivity contribution in [2.75, 3.05) is 0 Å². The van der Waals surface area contributed by atoms with Crippen LogP contribution in [0.4, 0.5) is 0 Å². The summed E-state index contributed by atoms with van der Waals surface area (Å²) in [6, 6.07) is 17.0. The molecule has 3 aromatic heterocycles. The molecule has 0 radical (unpaired) electrons. The molecule has 142 valence electrons. The molecule has 1 saturated carbocycles. The number of fused-ring (bicyclic) bond motifs is 2. The number of aromatic nitrogens is 6. The van der Waals surface area contributed by atoms with Crippen LogP contribution in [0.5, 0.6) is 0 Å². The van der Waals surface area contributed by atoms with E-state index >= 15 is 0 Å². The van der Waals surface area contributed by atoms with Gasteiger partial charge < -0.3 is 0 Å². The van der Waals surface area contributed by atoms with Crippen LogP contribution in [0, 0.1) is 0 Å². The van der Waals surface area contributed by atoms with Gasteiger partial charge in [-0.2, -0.15) is 10.2 Å². The highest BCUT2D eigenvalue weighted by atomic mass is 15.3. The zero-order chi connectivity index (χ0) is 19.4. The monoisotopic (exact) mass is 380 g/mol. The third-order valence-electron chi connectivity index (χ3n) is 5.60. The summed E-state index contributed by atoms with van der Waals surface area (Å²) in [6.45, 7) is 2.17. The van der Waals surface area contributed by atoms with Crippen LogP contribution in [-0.2, 0) is 6.42 Å². The lowest BCUT2D eigenvalue weighted by Crippen LogP contribution is -2.03. The second-order valence-electron chi connectivity index (χ2n) is 7.55. The number of para-hydroxylation sites is 2. The van der Waals surface area contributed by atoms with Gasteiger partial charge >= 0.3 is 0 Å². The van der Waals surface area contributed by atoms with Crippen LogP contribution in [-0.4, -0.2) is 29.5 Å². The van der Waals surface area contributed by atoms with Gasteiger partial charge in [0, 0.05) is 10.9 Å². The molecule has 0 saturated heterocycles. The van der Waals surface area contributed by atoms with E-state index < -0.39 is 0 Å². The third-order valence-corrected chi connectivity index (χ3v) is 5.60. The Morgan fingerprint density at radius 3 is 2.72 bits per heavy atom. The first-order valence-corrected chi connectivity index (χ1v) is 10.1. The van der Waals surface area contributed by atoms with Crippen molar-refractivity contribution in [2.24, 2.45) is 0 Å². The summed E-state index contributed by atoms with van der Waals surface area (Å²) in [4.78, 5) is 9.30. The normalized spacial score (nSPS) is 14.1. The Kier molecular flexibility index (Phi) is 3.53. The van der Waals surface area contributed by atoms with Gasteiger partial charge in [-0.05, 0) is 43.5 Å². The Morgan fingerprint density at radius 1 is 1.03 bits per heavy atom. The molecule has 1 fully saturated rings. The summed E-state index contributed by atoms with van der Waals surface area (Å²) in [5.41, 5.74) is 6.23. The van der Waals surface area contributed by atoms with Crippen molar-refractivity contribution in [1.82, 2.24) is 29.5 Å². The molecular weight excluding hydrogens is 360 g/mol. The maximum absolute atomic E-state index is 4.88. The highest BCUT2D eigenvalue weighted by Gasteiger charge is 2.27. The summed E-state index contributed by atoms with van der Waals surface area (Å²) >= 11 is 0. The van der Waals surface area contributed by atoms with Gasteiger partial charge in [0.25, 0.3) is 0 Å². The molecule has 3 heterocycles. The van der Waals surface area contributed by atoms with Crippen LogP contribution in [0.25, 0.3) is 39.0 Å². The summed E-state index contributed by atoms with van der Waals surface area (Å²) in [5.74, 6) is 0.716. The van der Waals surface area contributed by atoms with Crippen molar-refractivity contribution in [3.63, 3.8) is 0 Å². The van der Waals surface area contributed by atoms with Gasteiger partial charge in [-0.1, -0.05) is 31.2 Å². The second-order valence-corrected chi connectivity index (χ2v) is 7.55. The fourth-order valence-corrected chi connectivity index (χ4v) is 3.97. The molecule has 1 aliphatic rings. The quantitative estimate of drug-likeness (QED) is 0.452. The lowest BCUT2D eigenvalue weighted by Gasteiger charge is -2.08. The van der Waals surface area contributed by atoms with Crippen molar-refractivity contribution in [1.29, 1.82) is 0 Å². The molecule has 0 atom stereocenters. The average Bonchev–Trinajstić information content (AvgIpc) is 3.37. The zero-order valence-electron chi connectivity index (χ0n) is 16.2. The number of hydrogen-bond acceptors (Lipinski definition) is 4. The molecule has 0 aliphatic heterocycles. The van der Waals surface area contributed by atoms with Crippen molar-refractivity contribution in [3.8, 4) is 17.1 Å². The fraction of sp³-hybridized carbons (Fsp3) is 0.217. The van der Waals surface area contributed by atoms with Crippen LogP contribution in [0.2, 0.25) is 0 Å². The van der Waals surface area contributed by atoms with Crippen LogP contribution in [0.15, 0.2) is 60.9 Å². The highest BCUT2D eigenvalue weighted by Crippen LogP contribution is 2.38. The molecule has 2 aromatic carbocycles. The second kappa shape index (κ2) is 6.24. The molecule has 29 heavy (non-hydrogen) atoms. The molecule has 0 bridgehead atoms. The Morgan fingerprint density at radius 2 is 1.90 bits per heavy atom. The number of hydrogen-bond donors (Lipinski definition) is 0. The number of benzene rings is 2. The van der Waals surface area contributed by atoms with E-state index in [4.69, 9.17) is 10.1 Å². The summed E-state index contributed by atoms with van der Waals surface area (Å²) < 4.78 is 4.08. The minimum absolute atomic E-state index is 0.546. The standard InChI is InChI=1S/C23H20N6/c1-2-18-17-10-7-15(13-22(17)28(27-18)16-8-9-16)21-11-12-25-29(21)23-14-24-19-5-3-4-6-20(19)26-23/h3-7,10-14,16H,2,8-9H2,1H3. The molecule has 0 unspecified atom stereocenters. The maximum atomic E-state index is 4.88. The number of nitrogens with zero attached hydrogens (tertiary/aromatic N) is 6. The molecule has 6 rings (SSSR count). The van der Waals surface area contributed by atoms with Gasteiger partial charge in [-0.3, -0.25) is 9.67 Å². The van der Waals surface area contributed by atoms with E-state index in [2.05, 4.69) is 39.9 Å². The lowest BCUT2D eigenvalue weighted by molar-refractivity contribution is 0.653. The van der Waals surface area contributed by atoms with Gasteiger partial charge in [0.15, 0.2) is 5.82 Å². The Bertz CT molecular complexity index is 1360. The van der Waals surface area contributed by atoms with Crippen LogP contribution < -0.4 is 0 Å². The first-order valence-electron chi connectivity index (χ1n) is 10.1. The van der Waals surface area contributed by atoms with Gasteiger partial charge in [0.05, 0.1) is 46.4 Å². The average molecular weight is 380 g/mol. The van der Waals surface area contributed by atoms with Gasteiger partial charge in [0.2, 0.25) is 0 Å². The smallest absolute Gasteiger partial charge is 0.173 e. The third kappa shape index (κ3) is 2.63. The van der Waals surface area contributed by atoms with E-state index in [0.29, 0.717) is 11.9 Å². The highest BCUT2D eigenvalue weighted by molar-refractivity contribution is 5.87. The van der Waals surface area contributed by atoms with E-state index in [1.54, 1.807) is 6.20 Å². The van der Waals surface area contributed by atoms with E-state index in [0.717, 1.165) is 28.7 Å².